The maximum atomic E-state index is 9.26. The van der Waals surface area contributed by atoms with Gasteiger partial charge in [-0.05, 0) is 26.2 Å². The minimum absolute atomic E-state index is 0.166. The number of aliphatic hydroxyl groups is 1. The second-order valence-corrected chi connectivity index (χ2v) is 4.98. The van der Waals surface area contributed by atoms with E-state index in [1.165, 1.54) is 0 Å². The molecule has 1 fully saturated rings. The molecule has 4 nitrogen and oxygen atoms in total. The van der Waals surface area contributed by atoms with Gasteiger partial charge in [-0.3, -0.25) is 0 Å². The molecule has 1 saturated carbocycles. The van der Waals surface area contributed by atoms with Gasteiger partial charge in [-0.2, -0.15) is 0 Å². The van der Waals surface area contributed by atoms with Crippen molar-refractivity contribution in [3.05, 3.63) is 16.5 Å². The molecule has 1 heterocycles. The largest absolute Gasteiger partial charge is 0.393 e. The SMILES string of the molecule is CCCc1nc(Cl)c(C)c(NC2CC(O)C2)n1. The number of anilines is 1. The van der Waals surface area contributed by atoms with Crippen LogP contribution in [0.1, 0.15) is 37.6 Å². The summed E-state index contributed by atoms with van der Waals surface area (Å²) in [5.74, 6) is 1.59. The predicted octanol–water partition coefficient (Wildman–Crippen LogP) is 2.33. The van der Waals surface area contributed by atoms with Crippen LogP contribution in [0, 0.1) is 6.92 Å². The van der Waals surface area contributed by atoms with Crippen molar-refractivity contribution < 1.29 is 5.11 Å². The van der Waals surface area contributed by atoms with Crippen LogP contribution >= 0.6 is 11.6 Å². The second-order valence-electron chi connectivity index (χ2n) is 4.62. The summed E-state index contributed by atoms with van der Waals surface area (Å²) in [6.07, 6.45) is 3.23. The maximum Gasteiger partial charge on any atom is 0.137 e. The molecule has 5 heteroatoms. The summed E-state index contributed by atoms with van der Waals surface area (Å²) >= 11 is 6.09. The average molecular weight is 256 g/mol. The van der Waals surface area contributed by atoms with Gasteiger partial charge in [0.25, 0.3) is 0 Å². The number of nitrogens with zero attached hydrogens (tertiary/aromatic N) is 2. The van der Waals surface area contributed by atoms with E-state index in [-0.39, 0.29) is 6.10 Å². The molecule has 0 amide bonds. The quantitative estimate of drug-likeness (QED) is 0.811. The van der Waals surface area contributed by atoms with Crippen LogP contribution in [0.5, 0.6) is 0 Å². The number of aromatic nitrogens is 2. The molecular weight excluding hydrogens is 238 g/mol. The zero-order valence-electron chi connectivity index (χ0n) is 10.2. The van der Waals surface area contributed by atoms with Crippen molar-refractivity contribution in [3.63, 3.8) is 0 Å². The zero-order chi connectivity index (χ0) is 12.4. The van der Waals surface area contributed by atoms with Crippen LogP contribution < -0.4 is 5.32 Å². The average Bonchev–Trinajstić information content (AvgIpc) is 2.23. The molecule has 1 aromatic rings. The third-order valence-electron chi connectivity index (χ3n) is 3.06. The number of aliphatic hydroxyl groups excluding tert-OH is 1. The van der Waals surface area contributed by atoms with Crippen molar-refractivity contribution in [2.24, 2.45) is 0 Å². The first kappa shape index (κ1) is 12.6. The molecule has 0 aliphatic heterocycles. The summed E-state index contributed by atoms with van der Waals surface area (Å²) in [5.41, 5.74) is 0.882. The van der Waals surface area contributed by atoms with Gasteiger partial charge in [-0.15, -0.1) is 0 Å². The third kappa shape index (κ3) is 2.87. The Morgan fingerprint density at radius 3 is 2.71 bits per heavy atom. The van der Waals surface area contributed by atoms with Crippen molar-refractivity contribution >= 4 is 17.4 Å². The number of hydrogen-bond acceptors (Lipinski definition) is 4. The van der Waals surface area contributed by atoms with Crippen molar-refractivity contribution in [3.8, 4) is 0 Å². The smallest absolute Gasteiger partial charge is 0.137 e. The van der Waals surface area contributed by atoms with E-state index >= 15 is 0 Å². The van der Waals surface area contributed by atoms with E-state index in [1.807, 2.05) is 6.92 Å². The van der Waals surface area contributed by atoms with Gasteiger partial charge in [0.2, 0.25) is 0 Å². The van der Waals surface area contributed by atoms with E-state index in [4.69, 9.17) is 11.6 Å². The normalized spacial score (nSPS) is 23.3. The van der Waals surface area contributed by atoms with E-state index in [9.17, 15) is 5.11 Å². The molecule has 1 aromatic heterocycles. The molecule has 2 rings (SSSR count). The van der Waals surface area contributed by atoms with E-state index in [2.05, 4.69) is 22.2 Å². The molecule has 2 N–H and O–H groups in total. The fraction of sp³-hybridized carbons (Fsp3) is 0.667. The summed E-state index contributed by atoms with van der Waals surface area (Å²) in [6.45, 7) is 4.00. The number of hydrogen-bond donors (Lipinski definition) is 2. The monoisotopic (exact) mass is 255 g/mol. The standard InChI is InChI=1S/C12H18ClN3O/c1-3-4-10-15-11(13)7(2)12(16-10)14-8-5-9(17)6-8/h8-9,17H,3-6H2,1-2H3,(H,14,15,16). The van der Waals surface area contributed by atoms with Crippen LogP contribution in [0.2, 0.25) is 5.15 Å². The summed E-state index contributed by atoms with van der Waals surface area (Å²) in [7, 11) is 0. The molecular formula is C12H18ClN3O. The van der Waals surface area contributed by atoms with Crippen LogP contribution in [-0.4, -0.2) is 27.2 Å². The lowest BCUT2D eigenvalue weighted by molar-refractivity contribution is 0.0835. The highest BCUT2D eigenvalue weighted by Gasteiger charge is 2.28. The van der Waals surface area contributed by atoms with Gasteiger partial charge in [0, 0.05) is 18.0 Å². The minimum atomic E-state index is -0.166. The number of halogens is 1. The molecule has 0 saturated heterocycles. The Morgan fingerprint density at radius 1 is 1.41 bits per heavy atom. The second kappa shape index (κ2) is 5.19. The van der Waals surface area contributed by atoms with Crippen LogP contribution in [0.25, 0.3) is 0 Å². The first-order valence-corrected chi connectivity index (χ1v) is 6.45. The van der Waals surface area contributed by atoms with Gasteiger partial charge >= 0.3 is 0 Å². The lowest BCUT2D eigenvalue weighted by Crippen LogP contribution is -2.39. The van der Waals surface area contributed by atoms with Crippen LogP contribution in [0.15, 0.2) is 0 Å². The molecule has 0 aromatic carbocycles. The van der Waals surface area contributed by atoms with Gasteiger partial charge in [-0.1, -0.05) is 18.5 Å². The molecule has 17 heavy (non-hydrogen) atoms. The van der Waals surface area contributed by atoms with E-state index in [1.54, 1.807) is 0 Å². The number of aryl methyl sites for hydroxylation is 1. The Morgan fingerprint density at radius 2 is 2.12 bits per heavy atom. The lowest BCUT2D eigenvalue weighted by Gasteiger charge is -2.32. The molecule has 0 radical (unpaired) electrons. The van der Waals surface area contributed by atoms with E-state index in [0.29, 0.717) is 11.2 Å². The van der Waals surface area contributed by atoms with Gasteiger partial charge in [0.05, 0.1) is 6.10 Å². The Hall–Kier alpha value is -0.870. The first-order valence-electron chi connectivity index (χ1n) is 6.07. The molecule has 1 aliphatic carbocycles. The van der Waals surface area contributed by atoms with Crippen molar-refractivity contribution in [2.45, 2.75) is 51.7 Å². The van der Waals surface area contributed by atoms with Gasteiger partial charge in [0.1, 0.15) is 16.8 Å². The van der Waals surface area contributed by atoms with Crippen molar-refractivity contribution in [1.82, 2.24) is 9.97 Å². The van der Waals surface area contributed by atoms with Crippen LogP contribution in [0.3, 0.4) is 0 Å². The molecule has 0 unspecified atom stereocenters. The Kier molecular flexibility index (Phi) is 3.84. The van der Waals surface area contributed by atoms with Gasteiger partial charge < -0.3 is 10.4 Å². The van der Waals surface area contributed by atoms with E-state index < -0.39 is 0 Å². The van der Waals surface area contributed by atoms with Crippen LogP contribution in [0.4, 0.5) is 5.82 Å². The fourth-order valence-electron chi connectivity index (χ4n) is 1.91. The van der Waals surface area contributed by atoms with Gasteiger partial charge in [-0.25, -0.2) is 9.97 Å². The molecule has 94 valence electrons. The maximum absolute atomic E-state index is 9.26. The summed E-state index contributed by atoms with van der Waals surface area (Å²) in [4.78, 5) is 8.74. The zero-order valence-corrected chi connectivity index (χ0v) is 11.0. The number of rotatable bonds is 4. The molecule has 0 atom stereocenters. The highest BCUT2D eigenvalue weighted by molar-refractivity contribution is 6.30. The summed E-state index contributed by atoms with van der Waals surface area (Å²) in [6, 6.07) is 0.309. The highest BCUT2D eigenvalue weighted by Crippen LogP contribution is 2.27. The Labute approximate surface area is 106 Å². The lowest BCUT2D eigenvalue weighted by atomic mass is 9.89. The predicted molar refractivity (Wildman–Crippen MR) is 68.4 cm³/mol. The summed E-state index contributed by atoms with van der Waals surface area (Å²) < 4.78 is 0. The minimum Gasteiger partial charge on any atom is -0.393 e. The van der Waals surface area contributed by atoms with Crippen molar-refractivity contribution in [1.29, 1.82) is 0 Å². The van der Waals surface area contributed by atoms with Crippen LogP contribution in [-0.2, 0) is 6.42 Å². The third-order valence-corrected chi connectivity index (χ3v) is 3.43. The summed E-state index contributed by atoms with van der Waals surface area (Å²) in [5, 5.41) is 13.1. The highest BCUT2D eigenvalue weighted by atomic mass is 35.5. The molecule has 0 spiro atoms. The number of nitrogens with one attached hydrogen (secondary N) is 1. The Balaban J connectivity index is 2.13. The first-order chi connectivity index (χ1) is 8.10. The Bertz CT molecular complexity index is 405. The fourth-order valence-corrected chi connectivity index (χ4v) is 2.09. The van der Waals surface area contributed by atoms with Crippen molar-refractivity contribution in [2.75, 3.05) is 5.32 Å². The van der Waals surface area contributed by atoms with E-state index in [0.717, 1.165) is 42.9 Å². The molecule has 0 bridgehead atoms. The topological polar surface area (TPSA) is 58.0 Å². The molecule has 1 aliphatic rings. The van der Waals surface area contributed by atoms with Gasteiger partial charge in [0.15, 0.2) is 0 Å².